The first-order valence-corrected chi connectivity index (χ1v) is 8.52. The Kier molecular flexibility index (Phi) is 4.84. The second-order valence-corrected chi connectivity index (χ2v) is 6.68. The summed E-state index contributed by atoms with van der Waals surface area (Å²) in [7, 11) is -2.67. The molecule has 24 heavy (non-hydrogen) atoms. The zero-order chi connectivity index (χ0) is 17.9. The number of hydrogen-bond donors (Lipinski definition) is 0. The Bertz CT molecular complexity index is 880. The van der Waals surface area contributed by atoms with Crippen LogP contribution in [-0.4, -0.2) is 32.7 Å². The van der Waals surface area contributed by atoms with E-state index in [2.05, 4.69) is 4.74 Å². The van der Waals surface area contributed by atoms with Gasteiger partial charge in [-0.25, -0.2) is 17.5 Å². The van der Waals surface area contributed by atoms with E-state index in [-0.39, 0.29) is 16.9 Å². The number of methoxy groups -OCH3 is 1. The lowest BCUT2D eigenvalue weighted by Gasteiger charge is -2.22. The van der Waals surface area contributed by atoms with Crippen LogP contribution >= 0.6 is 0 Å². The molecular formula is C15H14N2O6S. The molecule has 0 aromatic heterocycles. The van der Waals surface area contributed by atoms with Crippen LogP contribution < -0.4 is 4.31 Å². The third-order valence-electron chi connectivity index (χ3n) is 3.09. The average Bonchev–Trinajstić information content (AvgIpc) is 2.53. The van der Waals surface area contributed by atoms with E-state index in [0.29, 0.717) is 0 Å². The molecule has 0 saturated carbocycles. The van der Waals surface area contributed by atoms with Crippen molar-refractivity contribution < 1.29 is 22.9 Å². The zero-order valence-electron chi connectivity index (χ0n) is 12.9. The van der Waals surface area contributed by atoms with Gasteiger partial charge in [-0.1, -0.05) is 18.2 Å². The maximum absolute atomic E-state index is 12.2. The van der Waals surface area contributed by atoms with Crippen molar-refractivity contribution in [1.82, 2.24) is 0 Å². The fourth-order valence-corrected chi connectivity index (χ4v) is 3.14. The third-order valence-corrected chi connectivity index (χ3v) is 4.18. The van der Waals surface area contributed by atoms with Gasteiger partial charge in [0.05, 0.1) is 35.2 Å². The van der Waals surface area contributed by atoms with Crippen molar-refractivity contribution in [3.8, 4) is 0 Å². The number of nitrogens with zero attached hydrogens (tertiary/aromatic N) is 2. The number of hydrogen-bond acceptors (Lipinski definition) is 6. The van der Waals surface area contributed by atoms with Gasteiger partial charge in [-0.15, -0.1) is 0 Å². The number of sulfonamides is 1. The molecule has 9 heteroatoms. The molecule has 0 atom stereocenters. The number of nitro groups is 1. The van der Waals surface area contributed by atoms with Crippen LogP contribution in [0.1, 0.15) is 10.4 Å². The summed E-state index contributed by atoms with van der Waals surface area (Å²) in [6, 6.07) is 11.4. The molecule has 0 N–H and O–H groups in total. The van der Waals surface area contributed by atoms with Crippen molar-refractivity contribution in [2.75, 3.05) is 17.7 Å². The minimum atomic E-state index is -3.80. The average molecular weight is 350 g/mol. The SMILES string of the molecule is COC(=O)c1cc(N(c2ccccc2)S(C)(=O)=O)cc([N+](=O)[O-])c1. The number of esters is 1. The van der Waals surface area contributed by atoms with Crippen LogP contribution in [0.4, 0.5) is 17.1 Å². The molecule has 0 aliphatic heterocycles. The number of carbonyl (C=O) groups is 1. The summed E-state index contributed by atoms with van der Waals surface area (Å²) in [4.78, 5) is 22.1. The summed E-state index contributed by atoms with van der Waals surface area (Å²) in [5, 5.41) is 11.1. The van der Waals surface area contributed by atoms with Crippen LogP contribution in [0.25, 0.3) is 0 Å². The first-order chi connectivity index (χ1) is 11.2. The van der Waals surface area contributed by atoms with Gasteiger partial charge in [0.1, 0.15) is 0 Å². The van der Waals surface area contributed by atoms with Crippen molar-refractivity contribution >= 4 is 33.1 Å². The van der Waals surface area contributed by atoms with Crippen molar-refractivity contribution in [2.24, 2.45) is 0 Å². The molecule has 0 bridgehead atoms. The number of non-ortho nitro benzene ring substituents is 1. The maximum Gasteiger partial charge on any atom is 0.338 e. The van der Waals surface area contributed by atoms with E-state index >= 15 is 0 Å². The van der Waals surface area contributed by atoms with Gasteiger partial charge in [-0.3, -0.25) is 10.1 Å². The first-order valence-electron chi connectivity index (χ1n) is 6.67. The van der Waals surface area contributed by atoms with E-state index in [1.54, 1.807) is 18.2 Å². The lowest BCUT2D eigenvalue weighted by atomic mass is 10.1. The Morgan fingerprint density at radius 1 is 1.12 bits per heavy atom. The Hall–Kier alpha value is -2.94. The number of carbonyl (C=O) groups excluding carboxylic acids is 1. The predicted octanol–water partition coefficient (Wildman–Crippen LogP) is 2.48. The van der Waals surface area contributed by atoms with Gasteiger partial charge in [0.25, 0.3) is 5.69 Å². The van der Waals surface area contributed by atoms with Crippen molar-refractivity contribution in [2.45, 2.75) is 0 Å². The highest BCUT2D eigenvalue weighted by Crippen LogP contribution is 2.32. The molecular weight excluding hydrogens is 336 g/mol. The highest BCUT2D eigenvalue weighted by molar-refractivity contribution is 7.92. The Balaban J connectivity index is 2.72. The largest absolute Gasteiger partial charge is 0.465 e. The van der Waals surface area contributed by atoms with E-state index in [9.17, 15) is 23.3 Å². The van der Waals surface area contributed by atoms with Gasteiger partial charge >= 0.3 is 5.97 Å². The van der Waals surface area contributed by atoms with Crippen molar-refractivity contribution in [3.05, 3.63) is 64.2 Å². The smallest absolute Gasteiger partial charge is 0.338 e. The molecule has 126 valence electrons. The summed E-state index contributed by atoms with van der Waals surface area (Å²) >= 11 is 0. The van der Waals surface area contributed by atoms with Crippen LogP contribution in [0.3, 0.4) is 0 Å². The van der Waals surface area contributed by atoms with Gasteiger partial charge in [-0.2, -0.15) is 0 Å². The number of para-hydroxylation sites is 1. The summed E-state index contributed by atoms with van der Waals surface area (Å²) in [6.07, 6.45) is 0.969. The molecule has 0 spiro atoms. The van der Waals surface area contributed by atoms with Gasteiger partial charge < -0.3 is 4.74 Å². The summed E-state index contributed by atoms with van der Waals surface area (Å²) in [5.74, 6) is -0.804. The fourth-order valence-electron chi connectivity index (χ4n) is 2.15. The highest BCUT2D eigenvalue weighted by atomic mass is 32.2. The zero-order valence-corrected chi connectivity index (χ0v) is 13.7. The molecule has 0 fully saturated rings. The van der Waals surface area contributed by atoms with E-state index in [0.717, 1.165) is 29.8 Å². The maximum atomic E-state index is 12.2. The first kappa shape index (κ1) is 17.4. The fraction of sp³-hybridized carbons (Fsp3) is 0.133. The molecule has 2 aromatic carbocycles. The van der Waals surface area contributed by atoms with E-state index < -0.39 is 26.6 Å². The van der Waals surface area contributed by atoms with Crippen LogP contribution in [-0.2, 0) is 14.8 Å². The van der Waals surface area contributed by atoms with Crippen LogP contribution in [0, 0.1) is 10.1 Å². The molecule has 0 saturated heterocycles. The van der Waals surface area contributed by atoms with Crippen LogP contribution in [0.5, 0.6) is 0 Å². The minimum absolute atomic E-state index is 0.0294. The molecule has 8 nitrogen and oxygen atoms in total. The topological polar surface area (TPSA) is 107 Å². The molecule has 0 amide bonds. The van der Waals surface area contributed by atoms with Crippen molar-refractivity contribution in [3.63, 3.8) is 0 Å². The van der Waals surface area contributed by atoms with E-state index in [4.69, 9.17) is 0 Å². The van der Waals surface area contributed by atoms with E-state index in [1.807, 2.05) is 0 Å². The van der Waals surface area contributed by atoms with E-state index in [1.165, 1.54) is 18.2 Å². The van der Waals surface area contributed by atoms with Crippen molar-refractivity contribution in [1.29, 1.82) is 0 Å². The lowest BCUT2D eigenvalue weighted by molar-refractivity contribution is -0.384. The second-order valence-electron chi connectivity index (χ2n) is 4.85. The van der Waals surface area contributed by atoms with Gasteiger partial charge in [0.2, 0.25) is 10.0 Å². The Labute approximate surface area is 138 Å². The molecule has 2 rings (SSSR count). The normalized spacial score (nSPS) is 10.9. The molecule has 0 unspecified atom stereocenters. The predicted molar refractivity (Wildman–Crippen MR) is 87.9 cm³/mol. The Morgan fingerprint density at radius 2 is 1.75 bits per heavy atom. The minimum Gasteiger partial charge on any atom is -0.465 e. The number of ether oxygens (including phenoxy) is 1. The Morgan fingerprint density at radius 3 is 2.25 bits per heavy atom. The molecule has 0 heterocycles. The van der Waals surface area contributed by atoms with Crippen LogP contribution in [0.2, 0.25) is 0 Å². The number of rotatable bonds is 5. The highest BCUT2D eigenvalue weighted by Gasteiger charge is 2.24. The number of benzene rings is 2. The summed E-state index contributed by atoms with van der Waals surface area (Å²) < 4.78 is 29.9. The van der Waals surface area contributed by atoms with Crippen LogP contribution in [0.15, 0.2) is 48.5 Å². The second kappa shape index (κ2) is 6.67. The quantitative estimate of drug-likeness (QED) is 0.466. The molecule has 2 aromatic rings. The molecule has 0 radical (unpaired) electrons. The standard InChI is InChI=1S/C15H14N2O6S/c1-23-15(18)11-8-13(10-14(9-11)17(19)20)16(24(2,21)22)12-6-4-3-5-7-12/h3-10H,1-2H3. The summed E-state index contributed by atoms with van der Waals surface area (Å²) in [5.41, 5.74) is -0.279. The lowest BCUT2D eigenvalue weighted by Crippen LogP contribution is -2.25. The monoisotopic (exact) mass is 350 g/mol. The van der Waals surface area contributed by atoms with Gasteiger partial charge in [0, 0.05) is 12.1 Å². The number of nitro benzene ring substituents is 1. The van der Waals surface area contributed by atoms with Gasteiger partial charge in [-0.05, 0) is 18.2 Å². The van der Waals surface area contributed by atoms with Gasteiger partial charge in [0.15, 0.2) is 0 Å². The third kappa shape index (κ3) is 3.69. The number of anilines is 2. The molecule has 0 aliphatic carbocycles. The molecule has 0 aliphatic rings. The summed E-state index contributed by atoms with van der Waals surface area (Å²) in [6.45, 7) is 0.